The Kier molecular flexibility index (Phi) is 3.96. The minimum absolute atomic E-state index is 0.0693. The molecule has 1 aliphatic carbocycles. The normalized spacial score (nSPS) is 36.0. The van der Waals surface area contributed by atoms with Gasteiger partial charge < -0.3 is 23.7 Å². The monoisotopic (exact) mass is 346 g/mol. The van der Waals surface area contributed by atoms with E-state index < -0.39 is 0 Å². The summed E-state index contributed by atoms with van der Waals surface area (Å²) in [6, 6.07) is 3.83. The molecule has 4 bridgehead atoms. The molecule has 0 radical (unpaired) electrons. The van der Waals surface area contributed by atoms with Gasteiger partial charge in [0.05, 0.1) is 39.1 Å². The highest BCUT2D eigenvalue weighted by Gasteiger charge is 2.59. The van der Waals surface area contributed by atoms with Gasteiger partial charge in [-0.15, -0.1) is 0 Å². The lowest BCUT2D eigenvalue weighted by Gasteiger charge is -2.41. The lowest BCUT2D eigenvalue weighted by atomic mass is 9.74. The van der Waals surface area contributed by atoms with Crippen molar-refractivity contribution in [1.29, 1.82) is 0 Å². The van der Waals surface area contributed by atoms with E-state index in [9.17, 15) is 0 Å². The highest BCUT2D eigenvalue weighted by Crippen LogP contribution is 2.56. The summed E-state index contributed by atoms with van der Waals surface area (Å²) in [6.45, 7) is 4.36. The maximum absolute atomic E-state index is 6.54. The van der Waals surface area contributed by atoms with Gasteiger partial charge in [0.1, 0.15) is 11.9 Å². The molecule has 5 heteroatoms. The Bertz CT molecular complexity index is 712. The molecule has 0 aromatic heterocycles. The molecule has 1 aromatic carbocycles. The van der Waals surface area contributed by atoms with Crippen LogP contribution in [-0.4, -0.2) is 39.1 Å². The van der Waals surface area contributed by atoms with E-state index >= 15 is 0 Å². The summed E-state index contributed by atoms with van der Waals surface area (Å²) < 4.78 is 29.5. The predicted octanol–water partition coefficient (Wildman–Crippen LogP) is 3.67. The number of methoxy groups -OCH3 is 3. The SMILES string of the molecule is COc1cc(OC)c([C@@H]2C[C@@]3(C)O[C@H]4C(C)=CC[C@@H]3[C@H]4O2)cc1OC. The first-order chi connectivity index (χ1) is 12.0. The van der Waals surface area contributed by atoms with Crippen LogP contribution in [0.5, 0.6) is 17.2 Å². The predicted molar refractivity (Wildman–Crippen MR) is 93.5 cm³/mol. The summed E-state index contributed by atoms with van der Waals surface area (Å²) in [7, 11) is 4.93. The topological polar surface area (TPSA) is 46.2 Å². The van der Waals surface area contributed by atoms with Crippen molar-refractivity contribution in [1.82, 2.24) is 0 Å². The van der Waals surface area contributed by atoms with Crippen molar-refractivity contribution in [3.63, 3.8) is 0 Å². The molecule has 2 fully saturated rings. The maximum atomic E-state index is 6.54. The lowest BCUT2D eigenvalue weighted by Crippen LogP contribution is -2.44. The lowest BCUT2D eigenvalue weighted by molar-refractivity contribution is -0.104. The van der Waals surface area contributed by atoms with Crippen LogP contribution >= 0.6 is 0 Å². The zero-order valence-corrected chi connectivity index (χ0v) is 15.5. The number of ether oxygens (including phenoxy) is 5. The van der Waals surface area contributed by atoms with Crippen LogP contribution in [0, 0.1) is 5.92 Å². The second-order valence-electron chi connectivity index (χ2n) is 7.38. The summed E-state index contributed by atoms with van der Waals surface area (Å²) in [6.07, 6.45) is 4.22. The van der Waals surface area contributed by atoms with Crippen molar-refractivity contribution in [3.8, 4) is 17.2 Å². The number of benzene rings is 1. The zero-order chi connectivity index (χ0) is 17.8. The van der Waals surface area contributed by atoms with Gasteiger partial charge in [0.25, 0.3) is 0 Å². The van der Waals surface area contributed by atoms with Crippen molar-refractivity contribution in [2.75, 3.05) is 21.3 Å². The second-order valence-corrected chi connectivity index (χ2v) is 7.38. The smallest absolute Gasteiger partial charge is 0.164 e. The van der Waals surface area contributed by atoms with Crippen LogP contribution in [0.2, 0.25) is 0 Å². The number of rotatable bonds is 4. The molecule has 1 aromatic rings. The molecule has 25 heavy (non-hydrogen) atoms. The Hall–Kier alpha value is -1.72. The molecular weight excluding hydrogens is 320 g/mol. The highest BCUT2D eigenvalue weighted by molar-refractivity contribution is 5.52. The van der Waals surface area contributed by atoms with Gasteiger partial charge in [0.2, 0.25) is 0 Å². The third-order valence-corrected chi connectivity index (χ3v) is 6.01. The van der Waals surface area contributed by atoms with Crippen LogP contribution in [0.4, 0.5) is 0 Å². The van der Waals surface area contributed by atoms with E-state index in [-0.39, 0.29) is 23.9 Å². The number of allylic oxidation sites excluding steroid dienone is 1. The second kappa shape index (κ2) is 5.92. The van der Waals surface area contributed by atoms with Crippen LogP contribution in [0.1, 0.15) is 38.4 Å². The molecule has 2 aliphatic heterocycles. The molecule has 0 spiro atoms. The molecule has 4 rings (SSSR count). The molecule has 2 saturated heterocycles. The van der Waals surface area contributed by atoms with E-state index in [1.165, 1.54) is 5.57 Å². The van der Waals surface area contributed by atoms with Gasteiger partial charge in [0, 0.05) is 24.0 Å². The summed E-state index contributed by atoms with van der Waals surface area (Å²) in [5.41, 5.74) is 2.09. The molecule has 0 saturated carbocycles. The molecule has 3 aliphatic rings. The van der Waals surface area contributed by atoms with E-state index in [0.29, 0.717) is 17.4 Å². The van der Waals surface area contributed by atoms with Gasteiger partial charge in [-0.3, -0.25) is 0 Å². The van der Waals surface area contributed by atoms with Gasteiger partial charge in [-0.1, -0.05) is 6.08 Å². The van der Waals surface area contributed by atoms with E-state index in [1.54, 1.807) is 21.3 Å². The van der Waals surface area contributed by atoms with Gasteiger partial charge >= 0.3 is 0 Å². The number of hydrogen-bond acceptors (Lipinski definition) is 5. The van der Waals surface area contributed by atoms with E-state index in [1.807, 2.05) is 12.1 Å². The Balaban J connectivity index is 1.71. The molecule has 136 valence electrons. The summed E-state index contributed by atoms with van der Waals surface area (Å²) >= 11 is 0. The summed E-state index contributed by atoms with van der Waals surface area (Å²) in [4.78, 5) is 0. The first kappa shape index (κ1) is 16.7. The third kappa shape index (κ3) is 2.44. The van der Waals surface area contributed by atoms with Crippen LogP contribution < -0.4 is 14.2 Å². The van der Waals surface area contributed by atoms with E-state index in [2.05, 4.69) is 19.9 Å². The van der Waals surface area contributed by atoms with Crippen molar-refractivity contribution >= 4 is 0 Å². The van der Waals surface area contributed by atoms with Gasteiger partial charge in [-0.25, -0.2) is 0 Å². The Morgan fingerprint density at radius 3 is 2.40 bits per heavy atom. The largest absolute Gasteiger partial charge is 0.496 e. The number of hydrogen-bond donors (Lipinski definition) is 0. The molecule has 2 heterocycles. The third-order valence-electron chi connectivity index (χ3n) is 6.01. The Morgan fingerprint density at radius 1 is 1.04 bits per heavy atom. The van der Waals surface area contributed by atoms with Gasteiger partial charge in [-0.05, 0) is 31.9 Å². The van der Waals surface area contributed by atoms with E-state index in [4.69, 9.17) is 23.7 Å². The molecule has 5 atom stereocenters. The first-order valence-corrected chi connectivity index (χ1v) is 8.80. The minimum Gasteiger partial charge on any atom is -0.496 e. The fourth-order valence-corrected chi connectivity index (χ4v) is 4.63. The van der Waals surface area contributed by atoms with Crippen LogP contribution in [0.15, 0.2) is 23.8 Å². The average Bonchev–Trinajstić information content (AvgIpc) is 2.73. The average molecular weight is 346 g/mol. The summed E-state index contributed by atoms with van der Waals surface area (Å²) in [5, 5.41) is 0. The van der Waals surface area contributed by atoms with Crippen molar-refractivity contribution in [2.24, 2.45) is 5.92 Å². The van der Waals surface area contributed by atoms with Crippen molar-refractivity contribution in [2.45, 2.75) is 50.6 Å². The Morgan fingerprint density at radius 2 is 1.72 bits per heavy atom. The van der Waals surface area contributed by atoms with Crippen LogP contribution in [0.3, 0.4) is 0 Å². The quantitative estimate of drug-likeness (QED) is 0.779. The van der Waals surface area contributed by atoms with Crippen molar-refractivity contribution in [3.05, 3.63) is 29.3 Å². The molecule has 5 nitrogen and oxygen atoms in total. The summed E-state index contributed by atoms with van der Waals surface area (Å²) in [5.74, 6) is 2.51. The molecule has 0 N–H and O–H groups in total. The zero-order valence-electron chi connectivity index (χ0n) is 15.5. The first-order valence-electron chi connectivity index (χ1n) is 8.80. The standard InChI is InChI=1S/C20H26O5/c1-11-6-7-13-19-18(11)25-20(13,2)10-17(24-19)12-8-15(22-4)16(23-5)9-14(12)21-3/h6,8-9,13,17-19H,7,10H2,1-5H3/t13-,17+,18+,19-,20-/m1/s1. The minimum atomic E-state index is -0.176. The van der Waals surface area contributed by atoms with Crippen molar-refractivity contribution < 1.29 is 23.7 Å². The molecule has 0 amide bonds. The van der Waals surface area contributed by atoms with E-state index in [0.717, 1.165) is 24.2 Å². The van der Waals surface area contributed by atoms with Crippen LogP contribution in [0.25, 0.3) is 0 Å². The fourth-order valence-electron chi connectivity index (χ4n) is 4.63. The Labute approximate surface area is 148 Å². The van der Waals surface area contributed by atoms with Gasteiger partial charge in [-0.2, -0.15) is 0 Å². The molecule has 0 unspecified atom stereocenters. The highest BCUT2D eigenvalue weighted by atomic mass is 16.6. The maximum Gasteiger partial charge on any atom is 0.164 e. The van der Waals surface area contributed by atoms with Gasteiger partial charge in [0.15, 0.2) is 11.5 Å². The fraction of sp³-hybridized carbons (Fsp3) is 0.600. The molecular formula is C20H26O5. The van der Waals surface area contributed by atoms with Crippen LogP contribution in [-0.2, 0) is 9.47 Å².